The minimum atomic E-state index is -0.531. The molecule has 280 valence electrons. The van der Waals surface area contributed by atoms with Crippen LogP contribution in [-0.2, 0) is 29.2 Å². The number of hydrogen-bond acceptors (Lipinski definition) is 8. The zero-order chi connectivity index (χ0) is 37.4. The number of nitrogens with one attached hydrogen (secondary N) is 1. The molecule has 4 aromatic rings. The Morgan fingerprint density at radius 3 is 2.64 bits per heavy atom. The van der Waals surface area contributed by atoms with Crippen LogP contribution in [0.1, 0.15) is 106 Å². The average molecular weight is 723 g/mol. The maximum atomic E-state index is 14.4. The first-order valence-corrected chi connectivity index (χ1v) is 18.9. The quantitative estimate of drug-likeness (QED) is 0.144. The molecule has 1 N–H and O–H groups in total. The molecule has 1 spiro atoms. The van der Waals surface area contributed by atoms with Gasteiger partial charge in [-0.25, -0.2) is 14.4 Å². The van der Waals surface area contributed by atoms with Crippen LogP contribution in [0.2, 0.25) is 0 Å². The SMILES string of the molecule is CCC(C)(C)OCC(C)(C)NC(=O)c1ccc2nc(CN3CC4(CCC(c5cccc(OCc6ccc(C#N)cc6F)n5)C4)C3)n(CC3CCO3)c2c1. The lowest BCUT2D eigenvalue weighted by molar-refractivity contribution is -0.0599. The first-order valence-electron chi connectivity index (χ1n) is 18.9. The van der Waals surface area contributed by atoms with Gasteiger partial charge in [0.1, 0.15) is 18.2 Å². The Morgan fingerprint density at radius 2 is 1.92 bits per heavy atom. The molecule has 0 radical (unpaired) electrons. The molecule has 7 rings (SSSR count). The molecule has 4 heterocycles. The predicted molar refractivity (Wildman–Crippen MR) is 200 cm³/mol. The zero-order valence-corrected chi connectivity index (χ0v) is 31.6. The standard InChI is InChI=1S/C42H51FN6O4/c1-6-41(4,5)53-27-40(2,3)47-39(50)29-12-13-35-36(19-29)49(22-32-15-17-51-32)37(45-35)23-48-25-42(26-48)16-14-30(20-42)34-8-7-9-38(46-34)52-24-31-11-10-28(21-44)18-33(31)43/h7-13,18-19,30,32H,6,14-17,20,22-27H2,1-5H3,(H,47,50). The second-order valence-corrected chi connectivity index (χ2v) is 16.6. The van der Waals surface area contributed by atoms with Crippen LogP contribution in [0.25, 0.3) is 11.0 Å². The van der Waals surface area contributed by atoms with Crippen LogP contribution in [0.4, 0.5) is 4.39 Å². The van der Waals surface area contributed by atoms with E-state index < -0.39 is 11.4 Å². The fourth-order valence-corrected chi connectivity index (χ4v) is 7.75. The summed E-state index contributed by atoms with van der Waals surface area (Å²) in [6, 6.07) is 18.0. The highest BCUT2D eigenvalue weighted by Gasteiger charge is 2.48. The molecule has 2 atom stereocenters. The number of halogens is 1. The van der Waals surface area contributed by atoms with E-state index >= 15 is 0 Å². The second kappa shape index (κ2) is 14.8. The summed E-state index contributed by atoms with van der Waals surface area (Å²) in [7, 11) is 0. The van der Waals surface area contributed by atoms with Gasteiger partial charge in [0.25, 0.3) is 5.91 Å². The summed E-state index contributed by atoms with van der Waals surface area (Å²) in [5, 5.41) is 12.2. The van der Waals surface area contributed by atoms with Gasteiger partial charge in [-0.15, -0.1) is 0 Å². The average Bonchev–Trinajstić information content (AvgIpc) is 3.70. The summed E-state index contributed by atoms with van der Waals surface area (Å²) < 4.78 is 34.5. The minimum absolute atomic E-state index is 0.0507. The van der Waals surface area contributed by atoms with Crippen molar-refractivity contribution in [3.8, 4) is 11.9 Å². The molecule has 53 heavy (non-hydrogen) atoms. The van der Waals surface area contributed by atoms with E-state index in [0.717, 1.165) is 80.9 Å². The molecule has 2 saturated heterocycles. The van der Waals surface area contributed by atoms with E-state index in [0.29, 0.717) is 36.1 Å². The van der Waals surface area contributed by atoms with Gasteiger partial charge in [-0.05, 0) is 102 Å². The third kappa shape index (κ3) is 8.40. The van der Waals surface area contributed by atoms with Crippen molar-refractivity contribution in [2.75, 3.05) is 26.3 Å². The highest BCUT2D eigenvalue weighted by molar-refractivity contribution is 5.97. The molecule has 1 aliphatic carbocycles. The highest BCUT2D eigenvalue weighted by atomic mass is 19.1. The number of rotatable bonds is 14. The van der Waals surface area contributed by atoms with E-state index in [9.17, 15) is 9.18 Å². The van der Waals surface area contributed by atoms with Crippen LogP contribution in [0.3, 0.4) is 0 Å². The molecule has 0 bridgehead atoms. The summed E-state index contributed by atoms with van der Waals surface area (Å²) in [6.07, 6.45) is 5.32. The van der Waals surface area contributed by atoms with Gasteiger partial charge in [-0.1, -0.05) is 19.1 Å². The van der Waals surface area contributed by atoms with Gasteiger partial charge < -0.3 is 24.1 Å². The number of imidazole rings is 1. The molecule has 10 nitrogen and oxygen atoms in total. The van der Waals surface area contributed by atoms with Crippen LogP contribution >= 0.6 is 0 Å². The number of pyridine rings is 1. The van der Waals surface area contributed by atoms with E-state index in [1.165, 1.54) is 6.07 Å². The lowest BCUT2D eigenvalue weighted by Crippen LogP contribution is -2.54. The van der Waals surface area contributed by atoms with Gasteiger partial charge in [0.2, 0.25) is 5.88 Å². The number of likely N-dealkylation sites (tertiary alicyclic amines) is 1. The molecule has 1 amide bonds. The number of benzene rings is 2. The molecule has 3 fully saturated rings. The predicted octanol–water partition coefficient (Wildman–Crippen LogP) is 7.29. The van der Waals surface area contributed by atoms with E-state index in [2.05, 4.69) is 41.6 Å². The Labute approximate surface area is 311 Å². The highest BCUT2D eigenvalue weighted by Crippen LogP contribution is 2.52. The smallest absolute Gasteiger partial charge is 0.251 e. The monoisotopic (exact) mass is 722 g/mol. The number of amides is 1. The molecule has 2 unspecified atom stereocenters. The normalized spacial score (nSPS) is 19.9. The van der Waals surface area contributed by atoms with Crippen molar-refractivity contribution >= 4 is 16.9 Å². The summed E-state index contributed by atoms with van der Waals surface area (Å²) in [5.41, 5.74) is 3.60. The van der Waals surface area contributed by atoms with E-state index in [1.54, 1.807) is 12.1 Å². The van der Waals surface area contributed by atoms with Crippen molar-refractivity contribution in [2.24, 2.45) is 5.41 Å². The van der Waals surface area contributed by atoms with Gasteiger partial charge in [0.05, 0.1) is 59.6 Å². The second-order valence-electron chi connectivity index (χ2n) is 16.6. The van der Waals surface area contributed by atoms with Crippen LogP contribution < -0.4 is 10.1 Å². The molecular formula is C42H51FN6O4. The molecule has 2 aliphatic heterocycles. The number of aromatic nitrogens is 3. The van der Waals surface area contributed by atoms with Crippen LogP contribution in [0, 0.1) is 22.6 Å². The van der Waals surface area contributed by atoms with Crippen molar-refractivity contribution in [3.05, 3.63) is 88.6 Å². The zero-order valence-electron chi connectivity index (χ0n) is 31.6. The Balaban J connectivity index is 0.986. The Morgan fingerprint density at radius 1 is 1.11 bits per heavy atom. The van der Waals surface area contributed by atoms with Crippen LogP contribution in [-0.4, -0.2) is 68.9 Å². The molecule has 11 heteroatoms. The van der Waals surface area contributed by atoms with Crippen molar-refractivity contribution in [2.45, 2.75) is 110 Å². The summed E-state index contributed by atoms with van der Waals surface area (Å²) in [5.74, 6) is 1.23. The Bertz CT molecular complexity index is 2010. The van der Waals surface area contributed by atoms with E-state index in [-0.39, 0.29) is 35.2 Å². The Kier molecular flexibility index (Phi) is 10.3. The number of carbonyl (C=O) groups excluding carboxylic acids is 1. The van der Waals surface area contributed by atoms with Gasteiger partial charge >= 0.3 is 0 Å². The van der Waals surface area contributed by atoms with E-state index in [4.69, 9.17) is 29.4 Å². The third-order valence-electron chi connectivity index (χ3n) is 11.3. The van der Waals surface area contributed by atoms with Crippen molar-refractivity contribution in [1.29, 1.82) is 5.26 Å². The third-order valence-corrected chi connectivity index (χ3v) is 11.3. The Hall–Kier alpha value is -4.37. The van der Waals surface area contributed by atoms with Crippen LogP contribution in [0.5, 0.6) is 5.88 Å². The number of hydrogen-bond donors (Lipinski definition) is 1. The lowest BCUT2D eigenvalue weighted by atomic mass is 9.77. The summed E-state index contributed by atoms with van der Waals surface area (Å²) in [6.45, 7) is 14.9. The maximum absolute atomic E-state index is 14.4. The fraction of sp³-hybridized carbons (Fsp3) is 0.524. The van der Waals surface area contributed by atoms with Gasteiger partial charge in [-0.2, -0.15) is 5.26 Å². The number of nitrogens with zero attached hydrogens (tertiary/aromatic N) is 5. The first kappa shape index (κ1) is 37.0. The van der Waals surface area contributed by atoms with Crippen molar-refractivity contribution in [3.63, 3.8) is 0 Å². The molecule has 2 aromatic carbocycles. The fourth-order valence-electron chi connectivity index (χ4n) is 7.75. The molecular weight excluding hydrogens is 671 g/mol. The van der Waals surface area contributed by atoms with Gasteiger partial charge in [-0.3, -0.25) is 9.69 Å². The van der Waals surface area contributed by atoms with Crippen molar-refractivity contribution < 1.29 is 23.4 Å². The number of fused-ring (bicyclic) bond motifs is 1. The number of ether oxygens (including phenoxy) is 3. The summed E-state index contributed by atoms with van der Waals surface area (Å²) >= 11 is 0. The molecule has 2 aromatic heterocycles. The maximum Gasteiger partial charge on any atom is 0.251 e. The number of carbonyl (C=O) groups is 1. The van der Waals surface area contributed by atoms with Crippen molar-refractivity contribution in [1.82, 2.24) is 24.8 Å². The van der Waals surface area contributed by atoms with Crippen LogP contribution in [0.15, 0.2) is 54.6 Å². The molecule has 3 aliphatic rings. The van der Waals surface area contributed by atoms with E-state index in [1.807, 2.05) is 50.2 Å². The first-order chi connectivity index (χ1) is 25.3. The van der Waals surface area contributed by atoms with Gasteiger partial charge in [0.15, 0.2) is 0 Å². The summed E-state index contributed by atoms with van der Waals surface area (Å²) in [4.78, 5) is 25.9. The lowest BCUT2D eigenvalue weighted by Gasteiger charge is -2.48. The van der Waals surface area contributed by atoms with Gasteiger partial charge in [0, 0.05) is 48.5 Å². The largest absolute Gasteiger partial charge is 0.473 e. The minimum Gasteiger partial charge on any atom is -0.473 e. The molecule has 1 saturated carbocycles. The number of nitriles is 1. The topological polar surface area (TPSA) is 115 Å².